The van der Waals surface area contributed by atoms with Crippen LogP contribution in [0.25, 0.3) is 11.0 Å². The molecule has 0 spiro atoms. The Kier molecular flexibility index (Phi) is 11.1. The van der Waals surface area contributed by atoms with Gasteiger partial charge in [0.1, 0.15) is 5.75 Å². The Morgan fingerprint density at radius 1 is 0.815 bits per heavy atom. The van der Waals surface area contributed by atoms with Gasteiger partial charge in [0.25, 0.3) is 0 Å². The first-order valence-electron chi connectivity index (χ1n) is 18.7. The maximum Gasteiger partial charge on any atom is 0.229 e. The summed E-state index contributed by atoms with van der Waals surface area (Å²) < 4.78 is 24.1. The van der Waals surface area contributed by atoms with E-state index in [0.717, 1.165) is 78.9 Å². The molecule has 1 atom stereocenters. The molecular weight excluding hydrogens is 683 g/mol. The van der Waals surface area contributed by atoms with Crippen LogP contribution in [0.5, 0.6) is 23.0 Å². The Bertz CT molecular complexity index is 2050. The number of methoxy groups -OCH3 is 4. The fourth-order valence-corrected chi connectivity index (χ4v) is 8.16. The summed E-state index contributed by atoms with van der Waals surface area (Å²) >= 11 is 0. The number of ether oxygens (including phenoxy) is 4. The molecule has 11 nitrogen and oxygen atoms in total. The van der Waals surface area contributed by atoms with Crippen LogP contribution in [0.4, 0.5) is 0 Å². The third-order valence-electron chi connectivity index (χ3n) is 11.2. The second-order valence-corrected chi connectivity index (χ2v) is 14.4. The van der Waals surface area contributed by atoms with Gasteiger partial charge in [0, 0.05) is 25.2 Å². The van der Waals surface area contributed by atoms with Crippen LogP contribution in [0.15, 0.2) is 85.1 Å². The molecule has 3 aromatic carbocycles. The minimum absolute atomic E-state index is 0.0890. The van der Waals surface area contributed by atoms with Crippen molar-refractivity contribution >= 4 is 22.7 Å². The quantitative estimate of drug-likeness (QED) is 0.112. The maximum atomic E-state index is 14.5. The molecule has 282 valence electrons. The number of Topliss-reactive ketones (excluding diaryl/α,β-unsaturated/α-hetero) is 1. The Hall–Kier alpha value is -5.42. The summed E-state index contributed by atoms with van der Waals surface area (Å²) in [4.78, 5) is 42.4. The number of piperidine rings is 1. The van der Waals surface area contributed by atoms with Gasteiger partial charge < -0.3 is 33.3 Å². The van der Waals surface area contributed by atoms with Crippen LogP contribution in [-0.2, 0) is 24.3 Å². The van der Waals surface area contributed by atoms with Gasteiger partial charge in [0.05, 0.1) is 57.1 Å². The minimum atomic E-state index is -0.557. The second kappa shape index (κ2) is 16.3. The number of hydrogen-bond donors (Lipinski definition) is 0. The van der Waals surface area contributed by atoms with Crippen LogP contribution in [0.3, 0.4) is 0 Å². The average molecular weight is 732 g/mol. The van der Waals surface area contributed by atoms with E-state index in [-0.39, 0.29) is 17.6 Å². The molecule has 2 saturated heterocycles. The lowest BCUT2D eigenvalue weighted by molar-refractivity contribution is -0.137. The van der Waals surface area contributed by atoms with Crippen molar-refractivity contribution in [2.24, 2.45) is 11.3 Å². The summed E-state index contributed by atoms with van der Waals surface area (Å²) in [6.45, 7) is 3.94. The van der Waals surface area contributed by atoms with Gasteiger partial charge >= 0.3 is 0 Å². The molecule has 5 aromatic rings. The van der Waals surface area contributed by atoms with Crippen molar-refractivity contribution in [2.45, 2.75) is 45.2 Å². The third kappa shape index (κ3) is 7.64. The number of benzene rings is 3. The van der Waals surface area contributed by atoms with Gasteiger partial charge in [-0.2, -0.15) is 0 Å². The molecule has 1 unspecified atom stereocenters. The molecule has 0 radical (unpaired) electrons. The van der Waals surface area contributed by atoms with Crippen LogP contribution < -0.4 is 18.9 Å². The van der Waals surface area contributed by atoms with Gasteiger partial charge in [-0.15, -0.1) is 0 Å². The Morgan fingerprint density at radius 2 is 1.54 bits per heavy atom. The van der Waals surface area contributed by atoms with Gasteiger partial charge in [0.15, 0.2) is 17.3 Å². The van der Waals surface area contributed by atoms with Crippen molar-refractivity contribution in [3.05, 3.63) is 108 Å². The van der Waals surface area contributed by atoms with Crippen molar-refractivity contribution < 1.29 is 28.5 Å². The van der Waals surface area contributed by atoms with E-state index in [1.54, 1.807) is 34.6 Å². The van der Waals surface area contributed by atoms with E-state index >= 15 is 0 Å². The summed E-state index contributed by atoms with van der Waals surface area (Å²) in [5.41, 5.74) is 4.10. The number of nitrogens with zero attached hydrogens (tertiary/aromatic N) is 5. The third-order valence-corrected chi connectivity index (χ3v) is 11.2. The summed E-state index contributed by atoms with van der Waals surface area (Å²) in [5.74, 6) is 3.08. The van der Waals surface area contributed by atoms with Crippen molar-refractivity contribution in [1.82, 2.24) is 24.3 Å². The van der Waals surface area contributed by atoms with E-state index in [9.17, 15) is 9.59 Å². The van der Waals surface area contributed by atoms with Crippen molar-refractivity contribution in [2.75, 3.05) is 54.6 Å². The Labute approximate surface area is 316 Å². The number of amides is 1. The van der Waals surface area contributed by atoms with E-state index in [2.05, 4.69) is 22.0 Å². The van der Waals surface area contributed by atoms with Crippen molar-refractivity contribution in [1.29, 1.82) is 0 Å². The predicted molar refractivity (Wildman–Crippen MR) is 206 cm³/mol. The molecule has 2 aliphatic rings. The number of aromatic nitrogens is 3. The standard InChI is InChI=1S/C43H49N5O6/c1-51-34-14-12-30(13-15-34)27-43(19-24-47(42(43)50)28-31-25-37(52-2)40(54-4)38(26-31)53-3)18-23-46-21-16-32(17-22-46)39(49)41-45-35-10-5-6-11-36(35)48(41)29-33-9-7-8-20-44-33/h5-15,20,25-26,32H,16-19,21-24,27-29H2,1-4H3. The van der Waals surface area contributed by atoms with E-state index < -0.39 is 5.41 Å². The number of fused-ring (bicyclic) bond motifs is 1. The van der Waals surface area contributed by atoms with Crippen molar-refractivity contribution in [3.8, 4) is 23.0 Å². The lowest BCUT2D eigenvalue weighted by atomic mass is 9.77. The smallest absolute Gasteiger partial charge is 0.229 e. The van der Waals surface area contributed by atoms with Crippen LogP contribution in [-0.4, -0.2) is 90.6 Å². The van der Waals surface area contributed by atoms with Crippen LogP contribution in [0.2, 0.25) is 0 Å². The SMILES string of the molecule is COc1ccc(CC2(CCN3CCC(C(=O)c4nc5ccccc5n4Cc4ccccn4)CC3)CCN(Cc3cc(OC)c(OC)c(OC)c3)C2=O)cc1. The van der Waals surface area contributed by atoms with E-state index in [1.165, 1.54) is 0 Å². The highest BCUT2D eigenvalue weighted by atomic mass is 16.5. The molecule has 54 heavy (non-hydrogen) atoms. The minimum Gasteiger partial charge on any atom is -0.497 e. The van der Waals surface area contributed by atoms with Gasteiger partial charge in [-0.05, 0) is 111 Å². The first-order valence-corrected chi connectivity index (χ1v) is 18.7. The molecule has 0 saturated carbocycles. The van der Waals surface area contributed by atoms with Crippen molar-refractivity contribution in [3.63, 3.8) is 0 Å². The van der Waals surface area contributed by atoms with E-state index in [4.69, 9.17) is 23.9 Å². The lowest BCUT2D eigenvalue weighted by Gasteiger charge is -2.35. The van der Waals surface area contributed by atoms with Gasteiger partial charge in [-0.1, -0.05) is 30.3 Å². The molecule has 11 heteroatoms. The molecular formula is C43H49N5O6. The highest BCUT2D eigenvalue weighted by molar-refractivity contribution is 5.98. The fourth-order valence-electron chi connectivity index (χ4n) is 8.16. The monoisotopic (exact) mass is 731 g/mol. The second-order valence-electron chi connectivity index (χ2n) is 14.4. The maximum absolute atomic E-state index is 14.5. The molecule has 2 aliphatic heterocycles. The summed E-state index contributed by atoms with van der Waals surface area (Å²) in [6, 6.07) is 25.6. The molecule has 2 aromatic heterocycles. The van der Waals surface area contributed by atoms with Gasteiger partial charge in [0.2, 0.25) is 17.4 Å². The molecule has 7 rings (SSSR count). The fraction of sp³-hybridized carbons (Fsp3) is 0.395. The number of rotatable bonds is 15. The zero-order chi connectivity index (χ0) is 37.7. The number of pyridine rings is 1. The molecule has 1 amide bonds. The lowest BCUT2D eigenvalue weighted by Crippen LogP contribution is -2.42. The van der Waals surface area contributed by atoms with Gasteiger partial charge in [-0.3, -0.25) is 14.6 Å². The number of hydrogen-bond acceptors (Lipinski definition) is 9. The highest BCUT2D eigenvalue weighted by Crippen LogP contribution is 2.42. The first kappa shape index (κ1) is 36.9. The number of carbonyl (C=O) groups is 2. The Balaban J connectivity index is 1.05. The number of carbonyl (C=O) groups excluding carboxylic acids is 2. The first-order chi connectivity index (χ1) is 26.3. The van der Waals surface area contributed by atoms with E-state index in [0.29, 0.717) is 49.1 Å². The largest absolute Gasteiger partial charge is 0.497 e. The number of likely N-dealkylation sites (tertiary alicyclic amines) is 2. The molecule has 0 aliphatic carbocycles. The summed E-state index contributed by atoms with van der Waals surface area (Å²) in [6.07, 6.45) is 5.39. The zero-order valence-electron chi connectivity index (χ0n) is 31.6. The number of imidazole rings is 1. The molecule has 2 fully saturated rings. The van der Waals surface area contributed by atoms with Crippen LogP contribution in [0.1, 0.15) is 53.1 Å². The topological polar surface area (TPSA) is 108 Å². The highest BCUT2D eigenvalue weighted by Gasteiger charge is 2.46. The molecule has 0 bridgehead atoms. The van der Waals surface area contributed by atoms with E-state index in [1.807, 2.05) is 76.2 Å². The van der Waals surface area contributed by atoms with Gasteiger partial charge in [-0.25, -0.2) is 4.98 Å². The van der Waals surface area contributed by atoms with Crippen LogP contribution >= 0.6 is 0 Å². The summed E-state index contributed by atoms with van der Waals surface area (Å²) in [7, 11) is 6.44. The average Bonchev–Trinajstić information content (AvgIpc) is 3.73. The number of ketones is 1. The molecule has 4 heterocycles. The zero-order valence-corrected chi connectivity index (χ0v) is 31.6. The Morgan fingerprint density at radius 3 is 2.20 bits per heavy atom. The summed E-state index contributed by atoms with van der Waals surface area (Å²) in [5, 5.41) is 0. The number of para-hydroxylation sites is 2. The van der Waals surface area contributed by atoms with Crippen LogP contribution in [0, 0.1) is 11.3 Å². The predicted octanol–water partition coefficient (Wildman–Crippen LogP) is 6.46. The normalized spacial score (nSPS) is 17.9. The molecule has 0 N–H and O–H groups in total.